The van der Waals surface area contributed by atoms with Crippen molar-refractivity contribution in [2.45, 2.75) is 6.54 Å². The Morgan fingerprint density at radius 2 is 1.68 bits per heavy atom. The maximum Gasteiger partial charge on any atom is 0.341 e. The van der Waals surface area contributed by atoms with Crippen LogP contribution < -0.4 is 5.43 Å². The smallest absolute Gasteiger partial charge is 0.341 e. The number of para-hydroxylation sites is 1. The number of carboxylic acids is 1. The lowest BCUT2D eigenvalue weighted by molar-refractivity contribution is 0.0695. The fraction of sp³-hybridized carbons (Fsp3) is 0.0455. The van der Waals surface area contributed by atoms with Crippen molar-refractivity contribution < 1.29 is 14.3 Å². The number of aromatic carboxylic acids is 1. The van der Waals surface area contributed by atoms with Crippen LogP contribution in [0.4, 0.5) is 4.39 Å². The first-order chi connectivity index (χ1) is 13.5. The zero-order chi connectivity index (χ0) is 19.7. The lowest BCUT2D eigenvalue weighted by Gasteiger charge is -2.13. The van der Waals surface area contributed by atoms with Crippen LogP contribution in [-0.2, 0) is 6.54 Å². The Balaban J connectivity index is 1.78. The van der Waals surface area contributed by atoms with Crippen LogP contribution in [0.1, 0.15) is 15.9 Å². The third-order valence-electron chi connectivity index (χ3n) is 4.60. The van der Waals surface area contributed by atoms with Crippen LogP contribution in [0.25, 0.3) is 22.0 Å². The minimum absolute atomic E-state index is 0.0494. The Kier molecular flexibility index (Phi) is 4.45. The van der Waals surface area contributed by atoms with E-state index in [0.717, 1.165) is 16.7 Å². The molecule has 0 spiro atoms. The van der Waals surface area contributed by atoms with Gasteiger partial charge in [-0.3, -0.25) is 9.78 Å². The van der Waals surface area contributed by atoms with E-state index in [1.165, 1.54) is 29.0 Å². The van der Waals surface area contributed by atoms with Crippen molar-refractivity contribution in [1.29, 1.82) is 0 Å². The van der Waals surface area contributed by atoms with Crippen LogP contribution in [0.15, 0.2) is 78.0 Å². The molecule has 0 unspecified atom stereocenters. The predicted molar refractivity (Wildman–Crippen MR) is 104 cm³/mol. The first kappa shape index (κ1) is 17.6. The van der Waals surface area contributed by atoms with Gasteiger partial charge in [0.05, 0.1) is 5.52 Å². The summed E-state index contributed by atoms with van der Waals surface area (Å²) in [6.07, 6.45) is 4.63. The molecular formula is C22H15FN2O3. The maximum atomic E-state index is 14.4. The van der Waals surface area contributed by atoms with Crippen molar-refractivity contribution in [3.05, 3.63) is 100 Å². The molecule has 0 radical (unpaired) electrons. The van der Waals surface area contributed by atoms with E-state index in [0.29, 0.717) is 0 Å². The van der Waals surface area contributed by atoms with E-state index < -0.39 is 17.2 Å². The molecule has 6 heteroatoms. The molecule has 28 heavy (non-hydrogen) atoms. The highest BCUT2D eigenvalue weighted by atomic mass is 19.1. The summed E-state index contributed by atoms with van der Waals surface area (Å²) in [7, 11) is 0. The van der Waals surface area contributed by atoms with Crippen LogP contribution in [0.5, 0.6) is 0 Å². The number of hydrogen-bond donors (Lipinski definition) is 1. The topological polar surface area (TPSA) is 72.2 Å². The maximum absolute atomic E-state index is 14.4. The van der Waals surface area contributed by atoms with Crippen LogP contribution in [0, 0.1) is 5.82 Å². The second-order valence-corrected chi connectivity index (χ2v) is 6.37. The second-order valence-electron chi connectivity index (χ2n) is 6.37. The summed E-state index contributed by atoms with van der Waals surface area (Å²) < 4.78 is 15.9. The third kappa shape index (κ3) is 3.16. The molecular weight excluding hydrogens is 359 g/mol. The van der Waals surface area contributed by atoms with Crippen molar-refractivity contribution in [2.75, 3.05) is 0 Å². The van der Waals surface area contributed by atoms with Gasteiger partial charge >= 0.3 is 5.97 Å². The van der Waals surface area contributed by atoms with Gasteiger partial charge in [0.2, 0.25) is 5.43 Å². The molecule has 4 aromatic rings. The summed E-state index contributed by atoms with van der Waals surface area (Å²) in [6, 6.07) is 15.5. The second kappa shape index (κ2) is 7.08. The Hall–Kier alpha value is -3.80. The number of hydrogen-bond acceptors (Lipinski definition) is 3. The Morgan fingerprint density at radius 3 is 2.36 bits per heavy atom. The zero-order valence-electron chi connectivity index (χ0n) is 14.7. The van der Waals surface area contributed by atoms with Gasteiger partial charge in [0.25, 0.3) is 0 Å². The molecule has 0 aliphatic carbocycles. The van der Waals surface area contributed by atoms with Gasteiger partial charge < -0.3 is 9.67 Å². The van der Waals surface area contributed by atoms with E-state index in [9.17, 15) is 19.1 Å². The molecule has 0 saturated heterocycles. The first-order valence-electron chi connectivity index (χ1n) is 8.59. The molecule has 2 heterocycles. The first-order valence-corrected chi connectivity index (χ1v) is 8.59. The van der Waals surface area contributed by atoms with Gasteiger partial charge in [0, 0.05) is 30.5 Å². The highest BCUT2D eigenvalue weighted by Crippen LogP contribution is 2.21. The molecule has 5 nitrogen and oxygen atoms in total. The standard InChI is InChI=1S/C22H15FN2O3/c23-19-3-1-2-17-20(19)25(13-18(21(17)26)22(27)28)12-14-4-6-15(7-5-14)16-8-10-24-11-9-16/h1-11,13H,12H2,(H,27,28). The van der Waals surface area contributed by atoms with E-state index in [4.69, 9.17) is 0 Å². The van der Waals surface area contributed by atoms with E-state index in [-0.39, 0.29) is 23.0 Å². The number of carbonyl (C=O) groups is 1. The Labute approximate surface area is 159 Å². The van der Waals surface area contributed by atoms with E-state index in [1.54, 1.807) is 12.4 Å². The average molecular weight is 374 g/mol. The van der Waals surface area contributed by atoms with Gasteiger partial charge in [-0.25, -0.2) is 9.18 Å². The number of rotatable bonds is 4. The molecule has 0 aliphatic rings. The number of benzene rings is 2. The van der Waals surface area contributed by atoms with E-state index >= 15 is 0 Å². The van der Waals surface area contributed by atoms with Crippen LogP contribution >= 0.6 is 0 Å². The summed E-state index contributed by atoms with van der Waals surface area (Å²) in [5.41, 5.74) is 1.90. The highest BCUT2D eigenvalue weighted by Gasteiger charge is 2.16. The molecule has 4 rings (SSSR count). The molecule has 0 aliphatic heterocycles. The van der Waals surface area contributed by atoms with E-state index in [2.05, 4.69) is 4.98 Å². The monoisotopic (exact) mass is 374 g/mol. The molecule has 1 N–H and O–H groups in total. The minimum Gasteiger partial charge on any atom is -0.477 e. The van der Waals surface area contributed by atoms with Crippen molar-refractivity contribution in [3.63, 3.8) is 0 Å². The number of pyridine rings is 2. The minimum atomic E-state index is -1.34. The lowest BCUT2D eigenvalue weighted by Crippen LogP contribution is -2.19. The van der Waals surface area contributed by atoms with Gasteiger partial charge in [0.1, 0.15) is 11.4 Å². The van der Waals surface area contributed by atoms with Crippen LogP contribution in [0.3, 0.4) is 0 Å². The van der Waals surface area contributed by atoms with Gasteiger partial charge in [-0.2, -0.15) is 0 Å². The number of aromatic nitrogens is 2. The van der Waals surface area contributed by atoms with Crippen molar-refractivity contribution in [1.82, 2.24) is 9.55 Å². The van der Waals surface area contributed by atoms with Gasteiger partial charge in [-0.1, -0.05) is 30.3 Å². The van der Waals surface area contributed by atoms with Gasteiger partial charge in [-0.05, 0) is 41.0 Å². The summed E-state index contributed by atoms with van der Waals surface area (Å²) in [5, 5.41) is 9.38. The highest BCUT2D eigenvalue weighted by molar-refractivity contribution is 5.92. The van der Waals surface area contributed by atoms with Crippen molar-refractivity contribution in [2.24, 2.45) is 0 Å². The van der Waals surface area contributed by atoms with E-state index in [1.807, 2.05) is 36.4 Å². The van der Waals surface area contributed by atoms with Gasteiger partial charge in [0.15, 0.2) is 0 Å². The summed E-state index contributed by atoms with van der Waals surface area (Å²) >= 11 is 0. The molecule has 2 aromatic carbocycles. The van der Waals surface area contributed by atoms with Crippen LogP contribution in [-0.4, -0.2) is 20.6 Å². The molecule has 0 atom stereocenters. The number of fused-ring (bicyclic) bond motifs is 1. The predicted octanol–water partition coefficient (Wildman–Crippen LogP) is 3.95. The van der Waals surface area contributed by atoms with Crippen molar-refractivity contribution >= 4 is 16.9 Å². The normalized spacial score (nSPS) is 10.9. The fourth-order valence-corrected chi connectivity index (χ4v) is 3.24. The molecule has 2 aromatic heterocycles. The van der Waals surface area contributed by atoms with Gasteiger partial charge in [-0.15, -0.1) is 0 Å². The summed E-state index contributed by atoms with van der Waals surface area (Å²) in [5.74, 6) is -1.90. The lowest BCUT2D eigenvalue weighted by atomic mass is 10.0. The van der Waals surface area contributed by atoms with Crippen LogP contribution in [0.2, 0.25) is 0 Å². The quantitative estimate of drug-likeness (QED) is 0.587. The SMILES string of the molecule is O=C(O)c1cn(Cc2ccc(-c3ccncc3)cc2)c2c(F)cccc2c1=O. The number of halogens is 1. The summed E-state index contributed by atoms with van der Waals surface area (Å²) in [4.78, 5) is 27.8. The average Bonchev–Trinajstić information content (AvgIpc) is 2.71. The largest absolute Gasteiger partial charge is 0.477 e. The number of carboxylic acid groups (broad SMARTS) is 1. The molecule has 138 valence electrons. The zero-order valence-corrected chi connectivity index (χ0v) is 14.7. The molecule has 0 saturated carbocycles. The van der Waals surface area contributed by atoms with Crippen molar-refractivity contribution in [3.8, 4) is 11.1 Å². The number of nitrogens with zero attached hydrogens (tertiary/aromatic N) is 2. The molecule has 0 amide bonds. The summed E-state index contributed by atoms with van der Waals surface area (Å²) in [6.45, 7) is 0.231. The Bertz CT molecular complexity index is 1230. The fourth-order valence-electron chi connectivity index (χ4n) is 3.24. The Morgan fingerprint density at radius 1 is 1.00 bits per heavy atom. The molecule has 0 fully saturated rings. The third-order valence-corrected chi connectivity index (χ3v) is 4.60. The molecule has 0 bridgehead atoms.